The van der Waals surface area contributed by atoms with Crippen LogP contribution in [0.25, 0.3) is 0 Å². The Bertz CT molecular complexity index is 972. The zero-order valence-electron chi connectivity index (χ0n) is 18.7. The summed E-state index contributed by atoms with van der Waals surface area (Å²) in [6.07, 6.45) is 1.96. The number of nitrogens with zero attached hydrogens (tertiary/aromatic N) is 1. The van der Waals surface area contributed by atoms with Crippen molar-refractivity contribution in [3.63, 3.8) is 0 Å². The number of benzene rings is 2. The van der Waals surface area contributed by atoms with E-state index in [1.807, 2.05) is 4.90 Å². The Labute approximate surface area is 196 Å². The van der Waals surface area contributed by atoms with Crippen LogP contribution in [0, 0.1) is 0 Å². The minimum atomic E-state index is -2.94. The van der Waals surface area contributed by atoms with E-state index in [1.54, 1.807) is 31.2 Å². The van der Waals surface area contributed by atoms with Crippen LogP contribution < -0.4 is 24.3 Å². The zero-order valence-corrected chi connectivity index (χ0v) is 19.5. The number of halogens is 3. The summed E-state index contributed by atoms with van der Waals surface area (Å²) in [5, 5.41) is 3.19. The molecule has 0 aliphatic heterocycles. The van der Waals surface area contributed by atoms with E-state index in [9.17, 15) is 13.6 Å². The van der Waals surface area contributed by atoms with Crippen LogP contribution in [0.5, 0.6) is 23.0 Å². The van der Waals surface area contributed by atoms with Gasteiger partial charge in [-0.25, -0.2) is 0 Å². The third-order valence-electron chi connectivity index (χ3n) is 5.07. The van der Waals surface area contributed by atoms with E-state index in [0.29, 0.717) is 35.4 Å². The quantitative estimate of drug-likeness (QED) is 0.459. The van der Waals surface area contributed by atoms with Gasteiger partial charge in [0.05, 0.1) is 38.1 Å². The standard InChI is InChI=1S/C23H27ClF2N2O5/c1-4-32-21-9-14(5-8-18(21)33-23(25)26)12-28(15-6-7-15)13-22(29)27-17-10-16(24)19(30-2)11-20(17)31-3/h5,8-11,15,23H,4,6-7,12-13H2,1-3H3,(H,27,29). The molecule has 1 saturated carbocycles. The van der Waals surface area contributed by atoms with Crippen LogP contribution in [0.3, 0.4) is 0 Å². The lowest BCUT2D eigenvalue weighted by atomic mass is 10.2. The van der Waals surface area contributed by atoms with E-state index in [-0.39, 0.29) is 30.0 Å². The van der Waals surface area contributed by atoms with E-state index in [4.69, 9.17) is 25.8 Å². The van der Waals surface area contributed by atoms with Gasteiger partial charge < -0.3 is 24.3 Å². The fraction of sp³-hybridized carbons (Fsp3) is 0.435. The average Bonchev–Trinajstić information content (AvgIpc) is 3.60. The van der Waals surface area contributed by atoms with Crippen LogP contribution in [-0.2, 0) is 11.3 Å². The number of hydrogen-bond donors (Lipinski definition) is 1. The van der Waals surface area contributed by atoms with Crippen LogP contribution in [0.2, 0.25) is 5.02 Å². The first-order valence-electron chi connectivity index (χ1n) is 10.5. The molecule has 0 heterocycles. The van der Waals surface area contributed by atoms with Crippen LogP contribution in [0.4, 0.5) is 14.5 Å². The maximum absolute atomic E-state index is 12.8. The van der Waals surface area contributed by atoms with Gasteiger partial charge >= 0.3 is 6.61 Å². The second-order valence-electron chi connectivity index (χ2n) is 7.46. The molecule has 2 aromatic rings. The van der Waals surface area contributed by atoms with Gasteiger partial charge in [-0.05, 0) is 43.5 Å². The summed E-state index contributed by atoms with van der Waals surface area (Å²) in [7, 11) is 2.99. The monoisotopic (exact) mass is 484 g/mol. The van der Waals surface area contributed by atoms with Crippen molar-refractivity contribution in [1.82, 2.24) is 4.90 Å². The van der Waals surface area contributed by atoms with Crippen LogP contribution >= 0.6 is 11.6 Å². The molecule has 7 nitrogen and oxygen atoms in total. The predicted molar refractivity (Wildman–Crippen MR) is 121 cm³/mol. The summed E-state index contributed by atoms with van der Waals surface area (Å²) in [4.78, 5) is 14.8. The fourth-order valence-corrected chi connectivity index (χ4v) is 3.67. The topological polar surface area (TPSA) is 69.3 Å². The minimum Gasteiger partial charge on any atom is -0.495 e. The van der Waals surface area contributed by atoms with Crippen molar-refractivity contribution in [2.45, 2.75) is 39.0 Å². The molecule has 10 heteroatoms. The molecule has 180 valence electrons. The Kier molecular flexibility index (Phi) is 8.57. The third-order valence-corrected chi connectivity index (χ3v) is 5.36. The number of nitrogens with one attached hydrogen (secondary N) is 1. The van der Waals surface area contributed by atoms with Gasteiger partial charge in [0.15, 0.2) is 11.5 Å². The second kappa shape index (κ2) is 11.4. The maximum Gasteiger partial charge on any atom is 0.387 e. The number of carbonyl (C=O) groups is 1. The van der Waals surface area contributed by atoms with E-state index in [0.717, 1.165) is 18.4 Å². The van der Waals surface area contributed by atoms with Crippen LogP contribution in [0.1, 0.15) is 25.3 Å². The predicted octanol–water partition coefficient (Wildman–Crippen LogP) is 4.96. The molecule has 0 spiro atoms. The number of hydrogen-bond acceptors (Lipinski definition) is 6. The lowest BCUT2D eigenvalue weighted by Crippen LogP contribution is -2.34. The highest BCUT2D eigenvalue weighted by molar-refractivity contribution is 6.32. The summed E-state index contributed by atoms with van der Waals surface area (Å²) in [6.45, 7) is -0.279. The molecule has 3 rings (SSSR count). The van der Waals surface area contributed by atoms with Gasteiger partial charge in [0.2, 0.25) is 5.91 Å². The minimum absolute atomic E-state index is 0.0187. The zero-order chi connectivity index (χ0) is 24.0. The Morgan fingerprint density at radius 1 is 1.12 bits per heavy atom. The molecule has 0 aromatic heterocycles. The molecule has 2 aromatic carbocycles. The number of anilines is 1. The molecule has 0 bridgehead atoms. The van der Waals surface area contributed by atoms with Gasteiger partial charge in [-0.1, -0.05) is 17.7 Å². The van der Waals surface area contributed by atoms with Crippen molar-refractivity contribution in [1.29, 1.82) is 0 Å². The Balaban J connectivity index is 1.71. The first-order valence-corrected chi connectivity index (χ1v) is 10.9. The first kappa shape index (κ1) is 24.9. The van der Waals surface area contributed by atoms with Gasteiger partial charge in [0.1, 0.15) is 11.5 Å². The fourth-order valence-electron chi connectivity index (χ4n) is 3.43. The Morgan fingerprint density at radius 2 is 1.85 bits per heavy atom. The highest BCUT2D eigenvalue weighted by Gasteiger charge is 2.31. The van der Waals surface area contributed by atoms with Gasteiger partial charge in [-0.15, -0.1) is 0 Å². The van der Waals surface area contributed by atoms with E-state index >= 15 is 0 Å². The van der Waals surface area contributed by atoms with Crippen molar-refractivity contribution in [2.24, 2.45) is 0 Å². The van der Waals surface area contributed by atoms with E-state index in [1.165, 1.54) is 20.3 Å². The van der Waals surface area contributed by atoms with Crippen molar-refractivity contribution < 1.29 is 32.5 Å². The van der Waals surface area contributed by atoms with Crippen molar-refractivity contribution in [2.75, 3.05) is 32.7 Å². The molecule has 0 unspecified atom stereocenters. The lowest BCUT2D eigenvalue weighted by molar-refractivity contribution is -0.117. The highest BCUT2D eigenvalue weighted by atomic mass is 35.5. The second-order valence-corrected chi connectivity index (χ2v) is 7.87. The van der Waals surface area contributed by atoms with E-state index < -0.39 is 6.61 Å². The van der Waals surface area contributed by atoms with Crippen LogP contribution in [0.15, 0.2) is 30.3 Å². The van der Waals surface area contributed by atoms with Gasteiger partial charge in [0, 0.05) is 18.7 Å². The summed E-state index contributed by atoms with van der Waals surface area (Å²) in [6, 6.07) is 8.27. The molecule has 1 amide bonds. The van der Waals surface area contributed by atoms with Crippen molar-refractivity contribution in [3.05, 3.63) is 40.9 Å². The number of rotatable bonds is 12. The van der Waals surface area contributed by atoms with Crippen molar-refractivity contribution >= 4 is 23.2 Å². The summed E-state index contributed by atoms with van der Waals surface area (Å²) in [5.74, 6) is 0.862. The van der Waals surface area contributed by atoms with Gasteiger partial charge in [-0.3, -0.25) is 9.69 Å². The molecular formula is C23H27ClF2N2O5. The molecule has 0 atom stereocenters. The number of amides is 1. The number of alkyl halides is 2. The molecular weight excluding hydrogens is 458 g/mol. The third kappa shape index (κ3) is 6.85. The van der Waals surface area contributed by atoms with Crippen molar-refractivity contribution in [3.8, 4) is 23.0 Å². The Morgan fingerprint density at radius 3 is 2.45 bits per heavy atom. The summed E-state index contributed by atoms with van der Waals surface area (Å²) < 4.78 is 45.8. The lowest BCUT2D eigenvalue weighted by Gasteiger charge is -2.23. The molecule has 0 radical (unpaired) electrons. The molecule has 1 N–H and O–H groups in total. The number of carbonyl (C=O) groups excluding carboxylic acids is 1. The van der Waals surface area contributed by atoms with Gasteiger partial charge in [-0.2, -0.15) is 8.78 Å². The Hall–Kier alpha value is -2.78. The summed E-state index contributed by atoms with van der Waals surface area (Å²) >= 11 is 6.19. The highest BCUT2D eigenvalue weighted by Crippen LogP contribution is 2.36. The SMILES string of the molecule is CCOc1cc(CN(CC(=O)Nc2cc(Cl)c(OC)cc2OC)C2CC2)ccc1OC(F)F. The average molecular weight is 485 g/mol. The summed E-state index contributed by atoms with van der Waals surface area (Å²) in [5.41, 5.74) is 1.26. The normalized spacial score (nSPS) is 13.2. The molecule has 1 fully saturated rings. The molecule has 1 aliphatic carbocycles. The van der Waals surface area contributed by atoms with Crippen LogP contribution in [-0.4, -0.2) is 50.8 Å². The first-order chi connectivity index (χ1) is 15.8. The largest absolute Gasteiger partial charge is 0.495 e. The number of ether oxygens (including phenoxy) is 4. The molecule has 1 aliphatic rings. The molecule has 0 saturated heterocycles. The number of methoxy groups -OCH3 is 2. The van der Waals surface area contributed by atoms with Gasteiger partial charge in [0.25, 0.3) is 0 Å². The molecule has 33 heavy (non-hydrogen) atoms. The smallest absolute Gasteiger partial charge is 0.387 e. The maximum atomic E-state index is 12.8. The van der Waals surface area contributed by atoms with E-state index in [2.05, 4.69) is 10.1 Å².